The zero-order valence-electron chi connectivity index (χ0n) is 16.2. The monoisotopic (exact) mass is 383 g/mol. The first kappa shape index (κ1) is 20.0. The number of hydrogen-bond donors (Lipinski definition) is 1. The second kappa shape index (κ2) is 9.46. The van der Waals surface area contributed by atoms with Crippen molar-refractivity contribution in [2.24, 2.45) is 0 Å². The first-order chi connectivity index (χ1) is 13.6. The molecule has 0 radical (unpaired) electrons. The minimum absolute atomic E-state index is 0.00892. The summed E-state index contributed by atoms with van der Waals surface area (Å²) in [6, 6.07) is 14.0. The molecule has 1 heterocycles. The molecule has 1 aliphatic rings. The molecule has 0 saturated carbocycles. The quantitative estimate of drug-likeness (QED) is 0.835. The van der Waals surface area contributed by atoms with E-state index in [1.54, 1.807) is 12.1 Å². The van der Waals surface area contributed by atoms with Crippen LogP contribution in [0.2, 0.25) is 0 Å². The molecule has 148 valence electrons. The molecule has 1 N–H and O–H groups in total. The van der Waals surface area contributed by atoms with E-state index in [9.17, 15) is 14.0 Å². The number of nitrogens with zero attached hydrogens (tertiary/aromatic N) is 2. The number of carbonyl (C=O) groups is 2. The third-order valence-corrected chi connectivity index (χ3v) is 5.11. The summed E-state index contributed by atoms with van der Waals surface area (Å²) in [5.41, 5.74) is 1.68. The number of amides is 2. The Balaban J connectivity index is 1.54. The molecule has 6 heteroatoms. The Hall–Kier alpha value is -2.73. The van der Waals surface area contributed by atoms with E-state index in [0.29, 0.717) is 13.1 Å². The van der Waals surface area contributed by atoms with E-state index in [1.807, 2.05) is 35.2 Å². The lowest BCUT2D eigenvalue weighted by Crippen LogP contribution is -2.49. The van der Waals surface area contributed by atoms with E-state index in [4.69, 9.17) is 0 Å². The van der Waals surface area contributed by atoms with Crippen molar-refractivity contribution in [2.45, 2.75) is 13.3 Å². The summed E-state index contributed by atoms with van der Waals surface area (Å²) in [6.45, 7) is 6.49. The number of nitrogens with one attached hydrogen (secondary N) is 1. The number of hydrogen-bond acceptors (Lipinski definition) is 3. The van der Waals surface area contributed by atoms with Crippen molar-refractivity contribution in [1.82, 2.24) is 15.1 Å². The van der Waals surface area contributed by atoms with E-state index in [0.717, 1.165) is 30.8 Å². The lowest BCUT2D eigenvalue weighted by Gasteiger charge is -2.34. The van der Waals surface area contributed by atoms with Crippen molar-refractivity contribution in [3.05, 3.63) is 59.9 Å². The van der Waals surface area contributed by atoms with Gasteiger partial charge >= 0.3 is 0 Å². The third kappa shape index (κ3) is 4.95. The molecule has 2 aromatic rings. The van der Waals surface area contributed by atoms with Gasteiger partial charge in [-0.05, 0) is 29.8 Å². The molecule has 0 atom stereocenters. The van der Waals surface area contributed by atoms with Crippen molar-refractivity contribution in [3.8, 4) is 11.1 Å². The average Bonchev–Trinajstić information content (AvgIpc) is 2.74. The van der Waals surface area contributed by atoms with Gasteiger partial charge in [0.05, 0.1) is 5.56 Å². The molecular weight excluding hydrogens is 357 g/mol. The van der Waals surface area contributed by atoms with Crippen LogP contribution in [-0.4, -0.2) is 60.9 Å². The van der Waals surface area contributed by atoms with Crippen molar-refractivity contribution in [3.63, 3.8) is 0 Å². The van der Waals surface area contributed by atoms with E-state index < -0.39 is 11.7 Å². The fourth-order valence-electron chi connectivity index (χ4n) is 3.36. The van der Waals surface area contributed by atoms with Gasteiger partial charge in [0.25, 0.3) is 5.91 Å². The molecule has 0 spiro atoms. The van der Waals surface area contributed by atoms with Crippen LogP contribution in [0.1, 0.15) is 23.7 Å². The van der Waals surface area contributed by atoms with Crippen LogP contribution in [0.15, 0.2) is 48.5 Å². The summed E-state index contributed by atoms with van der Waals surface area (Å²) in [5.74, 6) is -1.05. The first-order valence-electron chi connectivity index (χ1n) is 9.71. The Morgan fingerprint density at radius 3 is 2.39 bits per heavy atom. The van der Waals surface area contributed by atoms with Crippen LogP contribution in [0.4, 0.5) is 4.39 Å². The fourth-order valence-corrected chi connectivity index (χ4v) is 3.36. The second-order valence-electron chi connectivity index (χ2n) is 6.88. The second-order valence-corrected chi connectivity index (χ2v) is 6.88. The summed E-state index contributed by atoms with van der Waals surface area (Å²) in [7, 11) is 0. The molecule has 1 fully saturated rings. The molecule has 0 bridgehead atoms. The van der Waals surface area contributed by atoms with E-state index >= 15 is 0 Å². The molecule has 0 unspecified atom stereocenters. The van der Waals surface area contributed by atoms with E-state index in [2.05, 4.69) is 17.1 Å². The van der Waals surface area contributed by atoms with Crippen molar-refractivity contribution in [2.75, 3.05) is 39.3 Å². The summed E-state index contributed by atoms with van der Waals surface area (Å²) in [6.07, 6.45) is 0.220. The zero-order chi connectivity index (χ0) is 19.9. The molecular formula is C22H26FN3O2. The van der Waals surface area contributed by atoms with Crippen molar-refractivity contribution < 1.29 is 14.0 Å². The largest absolute Gasteiger partial charge is 0.351 e. The van der Waals surface area contributed by atoms with Gasteiger partial charge in [-0.1, -0.05) is 43.3 Å². The molecule has 5 nitrogen and oxygen atoms in total. The molecule has 1 saturated heterocycles. The van der Waals surface area contributed by atoms with Gasteiger partial charge in [-0.3, -0.25) is 9.59 Å². The molecule has 0 aliphatic carbocycles. The smallest absolute Gasteiger partial charge is 0.254 e. The number of benzene rings is 2. The zero-order valence-corrected chi connectivity index (χ0v) is 16.2. The van der Waals surface area contributed by atoms with Gasteiger partial charge in [0.2, 0.25) is 5.91 Å². The SMILES string of the molecule is CCN1CCN(C(=O)CCNC(=O)c2cc(-c3ccccc3)ccc2F)CC1. The highest BCUT2D eigenvalue weighted by Gasteiger charge is 2.20. The van der Waals surface area contributed by atoms with Gasteiger partial charge in [0, 0.05) is 39.1 Å². The molecule has 2 amide bonds. The predicted molar refractivity (Wildman–Crippen MR) is 107 cm³/mol. The minimum Gasteiger partial charge on any atom is -0.351 e. The molecule has 28 heavy (non-hydrogen) atoms. The first-order valence-corrected chi connectivity index (χ1v) is 9.71. The van der Waals surface area contributed by atoms with Gasteiger partial charge in [-0.15, -0.1) is 0 Å². The van der Waals surface area contributed by atoms with Crippen LogP contribution in [0, 0.1) is 5.82 Å². The lowest BCUT2D eigenvalue weighted by atomic mass is 10.0. The Morgan fingerprint density at radius 1 is 1.00 bits per heavy atom. The van der Waals surface area contributed by atoms with Gasteiger partial charge in [-0.2, -0.15) is 0 Å². The predicted octanol–water partition coefficient (Wildman–Crippen LogP) is 2.78. The van der Waals surface area contributed by atoms with Crippen LogP contribution in [-0.2, 0) is 4.79 Å². The van der Waals surface area contributed by atoms with Crippen LogP contribution in [0.5, 0.6) is 0 Å². The Kier molecular flexibility index (Phi) is 6.76. The average molecular weight is 383 g/mol. The number of likely N-dealkylation sites (N-methyl/N-ethyl adjacent to an activating group) is 1. The van der Waals surface area contributed by atoms with Crippen LogP contribution in [0.25, 0.3) is 11.1 Å². The number of piperazine rings is 1. The summed E-state index contributed by atoms with van der Waals surface area (Å²) >= 11 is 0. The van der Waals surface area contributed by atoms with E-state index in [-0.39, 0.29) is 24.4 Å². The fraction of sp³-hybridized carbons (Fsp3) is 0.364. The maximum Gasteiger partial charge on any atom is 0.254 e. The van der Waals surface area contributed by atoms with Crippen LogP contribution in [0.3, 0.4) is 0 Å². The van der Waals surface area contributed by atoms with Gasteiger partial charge in [-0.25, -0.2) is 4.39 Å². The normalized spacial score (nSPS) is 14.7. The van der Waals surface area contributed by atoms with Gasteiger partial charge < -0.3 is 15.1 Å². The molecule has 2 aromatic carbocycles. The highest BCUT2D eigenvalue weighted by Crippen LogP contribution is 2.21. The number of halogens is 1. The maximum atomic E-state index is 14.1. The van der Waals surface area contributed by atoms with Gasteiger partial charge in [0.1, 0.15) is 5.82 Å². The summed E-state index contributed by atoms with van der Waals surface area (Å²) < 4.78 is 14.1. The third-order valence-electron chi connectivity index (χ3n) is 5.11. The van der Waals surface area contributed by atoms with Crippen molar-refractivity contribution >= 4 is 11.8 Å². The van der Waals surface area contributed by atoms with Crippen LogP contribution < -0.4 is 5.32 Å². The molecule has 1 aliphatic heterocycles. The number of carbonyl (C=O) groups excluding carboxylic acids is 2. The van der Waals surface area contributed by atoms with Crippen molar-refractivity contribution in [1.29, 1.82) is 0 Å². The Bertz CT molecular complexity index is 818. The molecule has 3 rings (SSSR count). The van der Waals surface area contributed by atoms with Crippen LogP contribution >= 0.6 is 0 Å². The number of rotatable bonds is 6. The van der Waals surface area contributed by atoms with E-state index in [1.165, 1.54) is 6.07 Å². The minimum atomic E-state index is -0.570. The maximum absolute atomic E-state index is 14.1. The summed E-state index contributed by atoms with van der Waals surface area (Å²) in [5, 5.41) is 2.67. The Morgan fingerprint density at radius 2 is 1.71 bits per heavy atom. The topological polar surface area (TPSA) is 52.6 Å². The molecule has 0 aromatic heterocycles. The Labute approximate surface area is 165 Å². The summed E-state index contributed by atoms with van der Waals surface area (Å²) in [4.78, 5) is 28.8. The lowest BCUT2D eigenvalue weighted by molar-refractivity contribution is -0.132. The standard InChI is InChI=1S/C22H26FN3O2/c1-2-25-12-14-26(15-13-25)21(27)10-11-24-22(28)19-16-18(8-9-20(19)23)17-6-4-3-5-7-17/h3-9,16H,2,10-15H2,1H3,(H,24,28). The highest BCUT2D eigenvalue weighted by molar-refractivity contribution is 5.96. The highest BCUT2D eigenvalue weighted by atomic mass is 19.1. The van der Waals surface area contributed by atoms with Gasteiger partial charge in [0.15, 0.2) is 0 Å².